The van der Waals surface area contributed by atoms with Gasteiger partial charge in [-0.25, -0.2) is 9.97 Å². The summed E-state index contributed by atoms with van der Waals surface area (Å²) < 4.78 is 13.0. The van der Waals surface area contributed by atoms with Gasteiger partial charge in [-0.05, 0) is 18.2 Å². The number of amides is 2. The van der Waals surface area contributed by atoms with Gasteiger partial charge in [0.15, 0.2) is 0 Å². The molecule has 0 saturated carbocycles. The minimum atomic E-state index is -0.388. The van der Waals surface area contributed by atoms with E-state index in [4.69, 9.17) is 14.5 Å². The number of carbonyl (C=O) groups excluding carboxylic acids is 2. The Labute approximate surface area is 227 Å². The molecule has 0 aliphatic heterocycles. The van der Waals surface area contributed by atoms with Gasteiger partial charge in [0.1, 0.15) is 17.2 Å². The van der Waals surface area contributed by atoms with Gasteiger partial charge in [0.25, 0.3) is 0 Å². The van der Waals surface area contributed by atoms with Gasteiger partial charge < -0.3 is 29.6 Å². The molecule has 2 heterocycles. The molecule has 2 amide bonds. The molecule has 4 aromatic rings. The highest BCUT2D eigenvalue weighted by atomic mass is 16.5. The Balaban J connectivity index is 1.86. The summed E-state index contributed by atoms with van der Waals surface area (Å²) in [5, 5.41) is 6.92. The van der Waals surface area contributed by atoms with Crippen molar-refractivity contribution in [2.75, 3.05) is 36.8 Å². The van der Waals surface area contributed by atoms with Crippen molar-refractivity contribution in [2.24, 2.45) is 13.0 Å². The molecule has 202 valence electrons. The topological polar surface area (TPSA) is 111 Å². The van der Waals surface area contributed by atoms with Crippen molar-refractivity contribution in [3.63, 3.8) is 0 Å². The molecule has 4 rings (SSSR count). The SMILES string of the molecule is C=CC(=O)Nc1cc(Nc2ncc(N(C)C(=O)C(C)C)c(-c3cn(C)c4ccccc34)n2)c(OC)cc1OC. The van der Waals surface area contributed by atoms with Gasteiger partial charge in [0.2, 0.25) is 17.8 Å². The summed E-state index contributed by atoms with van der Waals surface area (Å²) in [6, 6.07) is 11.3. The molecule has 0 saturated heterocycles. The van der Waals surface area contributed by atoms with Gasteiger partial charge in [-0.15, -0.1) is 0 Å². The van der Waals surface area contributed by atoms with E-state index in [1.54, 1.807) is 30.3 Å². The van der Waals surface area contributed by atoms with E-state index in [1.165, 1.54) is 20.3 Å². The quantitative estimate of drug-likeness (QED) is 0.290. The summed E-state index contributed by atoms with van der Waals surface area (Å²) in [5.74, 6) is 0.489. The van der Waals surface area contributed by atoms with E-state index in [1.807, 2.05) is 55.9 Å². The van der Waals surface area contributed by atoms with Crippen LogP contribution in [-0.2, 0) is 16.6 Å². The molecule has 0 aliphatic rings. The highest BCUT2D eigenvalue weighted by Crippen LogP contribution is 2.39. The maximum absolute atomic E-state index is 12.9. The number of rotatable bonds is 9. The van der Waals surface area contributed by atoms with Crippen LogP contribution in [0.25, 0.3) is 22.2 Å². The van der Waals surface area contributed by atoms with Gasteiger partial charge in [0, 0.05) is 48.7 Å². The smallest absolute Gasteiger partial charge is 0.247 e. The van der Waals surface area contributed by atoms with Crippen LogP contribution in [0.1, 0.15) is 13.8 Å². The maximum atomic E-state index is 12.9. The number of methoxy groups -OCH3 is 2. The Hall–Kier alpha value is -4.86. The number of fused-ring (bicyclic) bond motifs is 1. The van der Waals surface area contributed by atoms with Crippen molar-refractivity contribution in [3.8, 4) is 22.8 Å². The Morgan fingerprint density at radius 3 is 2.46 bits per heavy atom. The number of hydrogen-bond donors (Lipinski definition) is 2. The van der Waals surface area contributed by atoms with Crippen LogP contribution in [-0.4, -0.2) is 47.6 Å². The normalized spacial score (nSPS) is 10.8. The summed E-state index contributed by atoms with van der Waals surface area (Å²) in [6.07, 6.45) is 4.79. The van der Waals surface area contributed by atoms with Crippen LogP contribution in [0.3, 0.4) is 0 Å². The lowest BCUT2D eigenvalue weighted by Crippen LogP contribution is -2.31. The van der Waals surface area contributed by atoms with Crippen LogP contribution in [0.5, 0.6) is 11.5 Å². The second-order valence-corrected chi connectivity index (χ2v) is 9.22. The van der Waals surface area contributed by atoms with Crippen LogP contribution in [0.15, 0.2) is 61.4 Å². The first-order chi connectivity index (χ1) is 18.7. The second-order valence-electron chi connectivity index (χ2n) is 9.22. The first kappa shape index (κ1) is 27.2. The molecule has 39 heavy (non-hydrogen) atoms. The lowest BCUT2D eigenvalue weighted by molar-refractivity contribution is -0.121. The molecular weight excluding hydrogens is 496 g/mol. The minimum absolute atomic E-state index is 0.0554. The zero-order valence-electron chi connectivity index (χ0n) is 22.9. The van der Waals surface area contributed by atoms with Crippen molar-refractivity contribution in [2.45, 2.75) is 13.8 Å². The van der Waals surface area contributed by atoms with Crippen molar-refractivity contribution >= 4 is 45.7 Å². The standard InChI is InChI=1S/C29H32N6O4/c1-8-26(36)31-20-13-21(25(39-7)14-24(20)38-6)32-29-30-15-23(35(5)28(37)17(2)3)27(33-29)19-16-34(4)22-12-10-9-11-18(19)22/h8-17H,1H2,2-7H3,(H,31,36)(H,30,32,33). The Morgan fingerprint density at radius 2 is 1.79 bits per heavy atom. The zero-order chi connectivity index (χ0) is 28.3. The highest BCUT2D eigenvalue weighted by molar-refractivity contribution is 6.03. The summed E-state index contributed by atoms with van der Waals surface area (Å²) in [4.78, 5) is 35.9. The van der Waals surface area contributed by atoms with Gasteiger partial charge in [-0.2, -0.15) is 0 Å². The largest absolute Gasteiger partial charge is 0.494 e. The molecule has 2 aromatic heterocycles. The molecule has 0 atom stereocenters. The van der Waals surface area contributed by atoms with E-state index in [0.29, 0.717) is 34.3 Å². The molecule has 0 unspecified atom stereocenters. The highest BCUT2D eigenvalue weighted by Gasteiger charge is 2.23. The lowest BCUT2D eigenvalue weighted by atomic mass is 10.1. The Morgan fingerprint density at radius 1 is 1.10 bits per heavy atom. The van der Waals surface area contributed by atoms with Crippen molar-refractivity contribution in [1.29, 1.82) is 0 Å². The fraction of sp³-hybridized carbons (Fsp3) is 0.241. The molecule has 0 bridgehead atoms. The first-order valence-electron chi connectivity index (χ1n) is 12.3. The lowest BCUT2D eigenvalue weighted by Gasteiger charge is -2.22. The zero-order valence-corrected chi connectivity index (χ0v) is 22.9. The fourth-order valence-corrected chi connectivity index (χ4v) is 4.31. The van der Waals surface area contributed by atoms with E-state index >= 15 is 0 Å². The third-order valence-corrected chi connectivity index (χ3v) is 6.32. The number of aromatic nitrogens is 3. The number of nitrogens with one attached hydrogen (secondary N) is 2. The number of benzene rings is 2. The van der Waals surface area contributed by atoms with Crippen LogP contribution in [0.4, 0.5) is 23.0 Å². The van der Waals surface area contributed by atoms with Crippen molar-refractivity contribution in [1.82, 2.24) is 14.5 Å². The van der Waals surface area contributed by atoms with Crippen molar-refractivity contribution < 1.29 is 19.1 Å². The summed E-state index contributed by atoms with van der Waals surface area (Å²) in [6.45, 7) is 7.21. The molecule has 0 spiro atoms. The van der Waals surface area contributed by atoms with Gasteiger partial charge in [-0.3, -0.25) is 9.59 Å². The summed E-state index contributed by atoms with van der Waals surface area (Å²) in [7, 11) is 6.72. The number of ether oxygens (including phenoxy) is 2. The average molecular weight is 529 g/mol. The maximum Gasteiger partial charge on any atom is 0.247 e. The van der Waals surface area contributed by atoms with Crippen LogP contribution < -0.4 is 25.0 Å². The second kappa shape index (κ2) is 11.3. The molecule has 10 nitrogen and oxygen atoms in total. The van der Waals surface area contributed by atoms with E-state index in [-0.39, 0.29) is 23.7 Å². The monoisotopic (exact) mass is 528 g/mol. The molecule has 0 radical (unpaired) electrons. The van der Waals surface area contributed by atoms with E-state index < -0.39 is 0 Å². The first-order valence-corrected chi connectivity index (χ1v) is 12.3. The predicted molar refractivity (Wildman–Crippen MR) is 154 cm³/mol. The molecule has 2 N–H and O–H groups in total. The molecule has 0 fully saturated rings. The fourth-order valence-electron chi connectivity index (χ4n) is 4.31. The summed E-state index contributed by atoms with van der Waals surface area (Å²) in [5.41, 5.74) is 3.98. The number of anilines is 4. The van der Waals surface area contributed by atoms with Crippen LogP contribution in [0.2, 0.25) is 0 Å². The number of hydrogen-bond acceptors (Lipinski definition) is 7. The third-order valence-electron chi connectivity index (χ3n) is 6.32. The van der Waals surface area contributed by atoms with E-state index in [0.717, 1.165) is 16.5 Å². The van der Waals surface area contributed by atoms with E-state index in [2.05, 4.69) is 22.2 Å². The third kappa shape index (κ3) is 5.40. The van der Waals surface area contributed by atoms with Gasteiger partial charge in [0.05, 0.1) is 37.5 Å². The average Bonchev–Trinajstić information content (AvgIpc) is 3.28. The Kier molecular flexibility index (Phi) is 7.85. The van der Waals surface area contributed by atoms with Gasteiger partial charge >= 0.3 is 0 Å². The van der Waals surface area contributed by atoms with E-state index in [9.17, 15) is 9.59 Å². The minimum Gasteiger partial charge on any atom is -0.494 e. The number of aryl methyl sites for hydroxylation is 1. The van der Waals surface area contributed by atoms with Gasteiger partial charge in [-0.1, -0.05) is 38.6 Å². The molecule has 2 aromatic carbocycles. The Bertz CT molecular complexity index is 1560. The molecule has 10 heteroatoms. The number of para-hydroxylation sites is 1. The molecular formula is C29H32N6O4. The van der Waals surface area contributed by atoms with Crippen LogP contribution in [0, 0.1) is 5.92 Å². The predicted octanol–water partition coefficient (Wildman–Crippen LogP) is 5.14. The van der Waals surface area contributed by atoms with Crippen molar-refractivity contribution in [3.05, 3.63) is 61.4 Å². The summed E-state index contributed by atoms with van der Waals surface area (Å²) >= 11 is 0. The number of carbonyl (C=O) groups is 2. The van der Waals surface area contributed by atoms with Crippen LogP contribution >= 0.6 is 0 Å². The molecule has 0 aliphatic carbocycles. The number of nitrogens with zero attached hydrogens (tertiary/aromatic N) is 4.